The Labute approximate surface area is 808 Å². The van der Waals surface area contributed by atoms with Crippen molar-refractivity contribution >= 4 is 113 Å². The van der Waals surface area contributed by atoms with Crippen molar-refractivity contribution in [2.24, 2.45) is 0 Å². The number of hydrogen-bond acceptors (Lipinski definition) is 2. The number of rotatable bonds is 9. The van der Waals surface area contributed by atoms with Crippen LogP contribution in [0.4, 0.5) is 5.69 Å². The molecule has 0 atom stereocenters. The highest BCUT2D eigenvalue weighted by atomic mass is 14.6. The van der Waals surface area contributed by atoms with Crippen LogP contribution in [0.3, 0.4) is 0 Å². The summed E-state index contributed by atoms with van der Waals surface area (Å²) in [6.07, 6.45) is 0. The highest BCUT2D eigenvalue weighted by molar-refractivity contribution is 6.33. The molecule has 3 aliphatic carbocycles. The Bertz CT molecular complexity index is 9580. The maximum absolute atomic E-state index is 9.37. The van der Waals surface area contributed by atoms with Crippen molar-refractivity contribution < 1.29 is 0 Å². The van der Waals surface area contributed by atoms with E-state index in [0.717, 1.165) is 27.8 Å². The van der Waals surface area contributed by atoms with Crippen LogP contribution in [0.1, 0.15) is 86.1 Å². The minimum absolute atomic E-state index is 0.0446. The fraction of sp³-hybridized carbons (Fsp3) is 0.0662. The Morgan fingerprint density at radius 3 is 0.777 bits per heavy atom. The second-order valence-electron chi connectivity index (χ2n) is 39.6. The number of benzene rings is 25. The van der Waals surface area contributed by atoms with Gasteiger partial charge in [0, 0.05) is 16.2 Å². The molecule has 0 heterocycles. The molecule has 25 aromatic carbocycles. The van der Waals surface area contributed by atoms with E-state index in [1.54, 1.807) is 0 Å². The van der Waals surface area contributed by atoms with Gasteiger partial charge in [-0.2, -0.15) is 10.5 Å². The van der Waals surface area contributed by atoms with Gasteiger partial charge in [0.1, 0.15) is 0 Å². The molecule has 0 unspecified atom stereocenters. The number of hydrogen-bond donors (Lipinski definition) is 0. The smallest absolute Gasteiger partial charge is 0.187 e. The maximum Gasteiger partial charge on any atom is 0.187 e. The average molecular weight is 1770 g/mol. The molecule has 0 radical (unpaired) electrons. The Hall–Kier alpha value is -17.7. The molecule has 3 heteroatoms. The highest BCUT2D eigenvalue weighted by Crippen LogP contribution is 2.58. The Balaban J connectivity index is 0.000000108. The van der Waals surface area contributed by atoms with Gasteiger partial charge in [-0.3, -0.25) is 0 Å². The van der Waals surface area contributed by atoms with Crippen LogP contribution in [-0.4, -0.2) is 0 Å². The average Bonchev–Trinajstić information content (AvgIpc) is 1.69. The molecule has 0 saturated heterocycles. The molecule has 0 bridgehead atoms. The minimum Gasteiger partial charge on any atom is -0.238 e. The SMILES string of the molecule is CC1(C)c2ccccc2-c2ccc(-c3cc(-c4ccccc4)c4ccc5ccc(-c6ccc(C#N)cc6)c6ccc3c4c56)cc21.CC1(C)c2ccccc2-c2ccc(-c3ccc4ccc5c(-c6ccc7c(c6)C(C)(C)c6ccccc6-7)cc(-c6ccccc6)c6ccc3c4c65)cc21.[C-]#[N+]c1ccc(-c2cc(-c3ccc4ccccc4c3)c3ccc4c(-c5ccc(C#N)cc5)ccc5ccc2c3c54)cc1. The van der Waals surface area contributed by atoms with Gasteiger partial charge in [-0.05, 0) is 341 Å². The first-order valence-corrected chi connectivity index (χ1v) is 48.1. The molecule has 3 nitrogen and oxygen atoms in total. The van der Waals surface area contributed by atoms with Crippen LogP contribution < -0.4 is 0 Å². The summed E-state index contributed by atoms with van der Waals surface area (Å²) in [5.74, 6) is 0. The summed E-state index contributed by atoms with van der Waals surface area (Å²) in [4.78, 5) is 3.61. The standard InChI is InChI=1S/C52H38.C44H29N.C40H22N2/c1-51(2)45-16-10-8-14-36(45)38-23-20-33(28-47(38)51)35-22-18-32-19-25-41-44(34-21-24-39-37-15-9-11-17-46(37)52(3,4)48(39)29-34)30-43(31-12-6-5-7-13-31)42-27-26-40(35)49(32)50(41)42;1-44(2)40-11-7-6-10-33(40)34-20-18-31(24-41(34)44)39-25-38(28-8-4-3-5-9-28)36-21-17-30-16-19-32(29-14-12-27(26-45)13-15-29)35-22-23-37(39)43(36)42(30)35;1-42-32-16-12-28(13-17-32)37-23-38(31-11-10-26-4-2-3-5-30(26)22-31)36-21-20-34-33(27-8-6-25(24-41)7-9-27)18-14-29-15-19-35(37)40(36)39(29)34/h5-30H,1-4H3;3-25H,1-2H3;2-23H. The lowest BCUT2D eigenvalue weighted by atomic mass is 9.80. The molecule has 3 aliphatic rings. The monoisotopic (exact) mass is 1760 g/mol. The largest absolute Gasteiger partial charge is 0.238 e. The normalized spacial score (nSPS) is 13.3. The molecule has 25 aromatic rings. The van der Waals surface area contributed by atoms with E-state index in [-0.39, 0.29) is 16.2 Å². The summed E-state index contributed by atoms with van der Waals surface area (Å²) in [5.41, 5.74) is 40.2. The van der Waals surface area contributed by atoms with Gasteiger partial charge in [-0.15, -0.1) is 0 Å². The third kappa shape index (κ3) is 12.8. The van der Waals surface area contributed by atoms with Crippen LogP contribution in [0.2, 0.25) is 0 Å². The van der Waals surface area contributed by atoms with Crippen molar-refractivity contribution in [1.29, 1.82) is 10.5 Å². The Morgan fingerprint density at radius 1 is 0.180 bits per heavy atom. The van der Waals surface area contributed by atoms with Crippen molar-refractivity contribution in [3.05, 3.63) is 487 Å². The van der Waals surface area contributed by atoms with Gasteiger partial charge in [0.2, 0.25) is 0 Å². The van der Waals surface area contributed by atoms with Crippen LogP contribution >= 0.6 is 0 Å². The minimum atomic E-state index is -0.0655. The van der Waals surface area contributed by atoms with Crippen molar-refractivity contribution in [2.75, 3.05) is 0 Å². The summed E-state index contributed by atoms with van der Waals surface area (Å²) < 4.78 is 0. The number of nitriles is 2. The molecular weight excluding hydrogens is 1680 g/mol. The molecule has 0 fully saturated rings. The van der Waals surface area contributed by atoms with Gasteiger partial charge in [-0.25, -0.2) is 4.85 Å². The zero-order valence-corrected chi connectivity index (χ0v) is 77.8. The van der Waals surface area contributed by atoms with Crippen molar-refractivity contribution in [3.8, 4) is 146 Å². The molecule has 0 N–H and O–H groups in total. The maximum atomic E-state index is 9.37. The lowest BCUT2D eigenvalue weighted by Crippen LogP contribution is -2.14. The van der Waals surface area contributed by atoms with Gasteiger partial charge in [0.15, 0.2) is 5.69 Å². The summed E-state index contributed by atoms with van der Waals surface area (Å²) >= 11 is 0. The van der Waals surface area contributed by atoms with Crippen LogP contribution in [0, 0.1) is 29.2 Å². The fourth-order valence-electron chi connectivity index (χ4n) is 24.3. The van der Waals surface area contributed by atoms with E-state index >= 15 is 0 Å². The quantitative estimate of drug-likeness (QED) is 0.107. The lowest BCUT2D eigenvalue weighted by molar-refractivity contribution is 0.660. The van der Waals surface area contributed by atoms with Crippen LogP contribution in [-0.2, 0) is 16.2 Å². The van der Waals surface area contributed by atoms with E-state index in [2.05, 4.69) is 441 Å². The van der Waals surface area contributed by atoms with Crippen molar-refractivity contribution in [1.82, 2.24) is 0 Å². The highest BCUT2D eigenvalue weighted by Gasteiger charge is 2.39. The molecule has 0 saturated carbocycles. The molecular formula is C136H89N3. The van der Waals surface area contributed by atoms with E-state index in [4.69, 9.17) is 6.57 Å². The van der Waals surface area contributed by atoms with E-state index in [9.17, 15) is 10.5 Å². The fourth-order valence-corrected chi connectivity index (χ4v) is 24.3. The second-order valence-corrected chi connectivity index (χ2v) is 39.6. The summed E-state index contributed by atoms with van der Waals surface area (Å²) in [6.45, 7) is 21.6. The Morgan fingerprint density at radius 2 is 0.417 bits per heavy atom. The molecule has 0 aromatic heterocycles. The third-order valence-electron chi connectivity index (χ3n) is 31.2. The number of nitrogens with zero attached hydrogens (tertiary/aromatic N) is 3. The third-order valence-corrected chi connectivity index (χ3v) is 31.2. The van der Waals surface area contributed by atoms with E-state index in [1.807, 2.05) is 48.5 Å². The van der Waals surface area contributed by atoms with Crippen molar-refractivity contribution in [3.63, 3.8) is 0 Å². The predicted molar refractivity (Wildman–Crippen MR) is 585 cm³/mol. The van der Waals surface area contributed by atoms with Crippen molar-refractivity contribution in [2.45, 2.75) is 57.8 Å². The van der Waals surface area contributed by atoms with Crippen LogP contribution in [0.5, 0.6) is 0 Å². The predicted octanol–water partition coefficient (Wildman–Crippen LogP) is 37.1. The zero-order chi connectivity index (χ0) is 93.4. The van der Waals surface area contributed by atoms with Gasteiger partial charge < -0.3 is 0 Å². The lowest BCUT2D eigenvalue weighted by Gasteiger charge is -2.23. The van der Waals surface area contributed by atoms with Gasteiger partial charge >= 0.3 is 0 Å². The summed E-state index contributed by atoms with van der Waals surface area (Å²) in [6, 6.07) is 162. The molecule has 648 valence electrons. The molecule has 28 rings (SSSR count). The first-order valence-electron chi connectivity index (χ1n) is 48.1. The molecule has 0 aliphatic heterocycles. The van der Waals surface area contributed by atoms with E-state index < -0.39 is 0 Å². The molecule has 0 amide bonds. The first kappa shape index (κ1) is 82.1. The van der Waals surface area contributed by atoms with E-state index in [0.29, 0.717) is 16.8 Å². The second kappa shape index (κ2) is 31.5. The van der Waals surface area contributed by atoms with Gasteiger partial charge in [0.05, 0.1) is 29.8 Å². The summed E-state index contributed by atoms with van der Waals surface area (Å²) in [7, 11) is 0. The number of fused-ring (bicyclic) bond motifs is 10. The van der Waals surface area contributed by atoms with Crippen LogP contribution in [0.25, 0.3) is 246 Å². The van der Waals surface area contributed by atoms with E-state index in [1.165, 1.54) is 247 Å². The topological polar surface area (TPSA) is 51.9 Å². The van der Waals surface area contributed by atoms with Crippen LogP contribution in [0.15, 0.2) is 431 Å². The first-order chi connectivity index (χ1) is 68.0. The van der Waals surface area contributed by atoms with Gasteiger partial charge in [0.25, 0.3) is 0 Å². The molecule has 0 spiro atoms. The molecule has 139 heavy (non-hydrogen) atoms. The summed E-state index contributed by atoms with van der Waals surface area (Å²) in [5, 5.41) is 43.9. The van der Waals surface area contributed by atoms with Gasteiger partial charge in [-0.1, -0.05) is 406 Å². The Kier molecular flexibility index (Phi) is 18.6. The zero-order valence-electron chi connectivity index (χ0n) is 77.8.